The Labute approximate surface area is 129 Å². The average Bonchev–Trinajstić information content (AvgIpc) is 2.79. The lowest BCUT2D eigenvalue weighted by molar-refractivity contribution is -0.127. The van der Waals surface area contributed by atoms with E-state index in [2.05, 4.69) is 0 Å². The Morgan fingerprint density at radius 3 is 2.48 bits per heavy atom. The fourth-order valence-corrected chi connectivity index (χ4v) is 2.04. The summed E-state index contributed by atoms with van der Waals surface area (Å²) in [5.41, 5.74) is 0.906. The highest BCUT2D eigenvalue weighted by molar-refractivity contribution is 6.30. The van der Waals surface area contributed by atoms with E-state index in [0.29, 0.717) is 6.42 Å². The number of methoxy groups -OCH3 is 1. The van der Waals surface area contributed by atoms with Crippen molar-refractivity contribution in [2.24, 2.45) is 0 Å². The molecule has 0 aliphatic carbocycles. The van der Waals surface area contributed by atoms with Gasteiger partial charge in [-0.2, -0.15) is 0 Å². The number of hydrogen-bond donors (Lipinski definition) is 2. The maximum absolute atomic E-state index is 13.2. The Hall–Kier alpha value is -0.720. The van der Waals surface area contributed by atoms with E-state index < -0.39 is 5.79 Å². The third-order valence-corrected chi connectivity index (χ3v) is 3.09. The molecule has 2 unspecified atom stereocenters. The van der Waals surface area contributed by atoms with Crippen LogP contribution in [0.2, 0.25) is 5.02 Å². The maximum atomic E-state index is 13.2. The summed E-state index contributed by atoms with van der Waals surface area (Å²) in [4.78, 5) is 0. The van der Waals surface area contributed by atoms with Crippen LogP contribution in [0, 0.1) is 5.82 Å². The van der Waals surface area contributed by atoms with E-state index in [-0.39, 0.29) is 23.2 Å². The van der Waals surface area contributed by atoms with Crippen molar-refractivity contribution in [3.05, 3.63) is 34.6 Å². The van der Waals surface area contributed by atoms with Crippen LogP contribution in [0.4, 0.5) is 4.39 Å². The first-order valence-electron chi connectivity index (χ1n) is 6.76. The standard InChI is InChI=1S/C12H14ClFO2.C3H8O2/c1-15-12-5-3-9(16-12)6-8-2-4-10(13)11(14)7-8;1-3(2,4)5/h2,4,7,9,12H,3,5-6H2,1H3;4-5H,1-2H3. The number of halogens is 2. The van der Waals surface area contributed by atoms with Crippen LogP contribution in [0.1, 0.15) is 32.3 Å². The summed E-state index contributed by atoms with van der Waals surface area (Å²) in [6, 6.07) is 4.87. The molecule has 0 aromatic heterocycles. The predicted octanol–water partition coefficient (Wildman–Crippen LogP) is 2.88. The highest BCUT2D eigenvalue weighted by atomic mass is 35.5. The quantitative estimate of drug-likeness (QED) is 0.841. The highest BCUT2D eigenvalue weighted by Gasteiger charge is 2.25. The van der Waals surface area contributed by atoms with Gasteiger partial charge in [-0.1, -0.05) is 17.7 Å². The summed E-state index contributed by atoms with van der Waals surface area (Å²) in [5.74, 6) is -1.87. The lowest BCUT2D eigenvalue weighted by atomic mass is 10.1. The Morgan fingerprint density at radius 1 is 1.38 bits per heavy atom. The first-order chi connectivity index (χ1) is 9.69. The van der Waals surface area contributed by atoms with Gasteiger partial charge in [0.2, 0.25) is 0 Å². The molecule has 6 heteroatoms. The molecule has 1 heterocycles. The second-order valence-corrected chi connectivity index (χ2v) is 5.85. The zero-order valence-electron chi connectivity index (χ0n) is 12.5. The highest BCUT2D eigenvalue weighted by Crippen LogP contribution is 2.24. The SMILES string of the molecule is CC(C)(O)O.COC1CCC(Cc2ccc(Cl)c(F)c2)O1. The zero-order chi connectivity index (χ0) is 16.0. The van der Waals surface area contributed by atoms with Gasteiger partial charge in [-0.3, -0.25) is 0 Å². The number of hydrogen-bond acceptors (Lipinski definition) is 4. The molecule has 0 amide bonds. The molecule has 1 aromatic carbocycles. The van der Waals surface area contributed by atoms with Crippen LogP contribution in [0.15, 0.2) is 18.2 Å². The van der Waals surface area contributed by atoms with Gasteiger partial charge in [0.1, 0.15) is 5.82 Å². The largest absolute Gasteiger partial charge is 0.366 e. The summed E-state index contributed by atoms with van der Waals surface area (Å²) in [7, 11) is 1.63. The molecule has 0 saturated carbocycles. The van der Waals surface area contributed by atoms with Crippen molar-refractivity contribution in [1.29, 1.82) is 0 Å². The molecule has 1 aromatic rings. The predicted molar refractivity (Wildman–Crippen MR) is 78.5 cm³/mol. The molecule has 21 heavy (non-hydrogen) atoms. The van der Waals surface area contributed by atoms with Crippen LogP contribution >= 0.6 is 11.6 Å². The minimum atomic E-state index is -1.50. The van der Waals surface area contributed by atoms with Crippen molar-refractivity contribution in [1.82, 2.24) is 0 Å². The lowest BCUT2D eigenvalue weighted by Gasteiger charge is -2.12. The first-order valence-corrected chi connectivity index (χ1v) is 7.13. The Kier molecular flexibility index (Phi) is 7.03. The normalized spacial score (nSPS) is 21.9. The van der Waals surface area contributed by atoms with Crippen LogP contribution in [-0.4, -0.2) is 35.5 Å². The molecule has 0 bridgehead atoms. The van der Waals surface area contributed by atoms with Gasteiger partial charge in [-0.15, -0.1) is 0 Å². The summed E-state index contributed by atoms with van der Waals surface area (Å²) >= 11 is 5.62. The van der Waals surface area contributed by atoms with Gasteiger partial charge in [-0.05, 0) is 44.4 Å². The molecule has 4 nitrogen and oxygen atoms in total. The number of rotatable bonds is 3. The van der Waals surface area contributed by atoms with Crippen molar-refractivity contribution in [3.63, 3.8) is 0 Å². The number of ether oxygens (including phenoxy) is 2. The Balaban J connectivity index is 0.000000383. The molecule has 2 atom stereocenters. The van der Waals surface area contributed by atoms with E-state index in [1.165, 1.54) is 19.9 Å². The third-order valence-electron chi connectivity index (χ3n) is 2.78. The van der Waals surface area contributed by atoms with Crippen LogP contribution in [0.3, 0.4) is 0 Å². The second-order valence-electron chi connectivity index (χ2n) is 5.45. The lowest BCUT2D eigenvalue weighted by Crippen LogP contribution is -2.15. The van der Waals surface area contributed by atoms with Crippen molar-refractivity contribution in [2.45, 2.75) is 51.3 Å². The number of benzene rings is 1. The fraction of sp³-hybridized carbons (Fsp3) is 0.600. The molecule has 2 rings (SSSR count). The fourth-order valence-electron chi connectivity index (χ4n) is 1.93. The monoisotopic (exact) mass is 320 g/mol. The van der Waals surface area contributed by atoms with Gasteiger partial charge in [0.15, 0.2) is 12.1 Å². The molecule has 0 radical (unpaired) electrons. The van der Waals surface area contributed by atoms with Crippen molar-refractivity contribution in [3.8, 4) is 0 Å². The summed E-state index contributed by atoms with van der Waals surface area (Å²) in [6.45, 7) is 2.60. The van der Waals surface area contributed by atoms with E-state index in [9.17, 15) is 4.39 Å². The zero-order valence-corrected chi connectivity index (χ0v) is 13.2. The molecule has 1 aliphatic heterocycles. The van der Waals surface area contributed by atoms with Crippen LogP contribution in [-0.2, 0) is 15.9 Å². The first kappa shape index (κ1) is 18.3. The average molecular weight is 321 g/mol. The van der Waals surface area contributed by atoms with E-state index in [1.54, 1.807) is 13.2 Å². The Bertz CT molecular complexity index is 442. The molecule has 2 N–H and O–H groups in total. The molecular weight excluding hydrogens is 299 g/mol. The molecule has 1 saturated heterocycles. The minimum Gasteiger partial charge on any atom is -0.366 e. The van der Waals surface area contributed by atoms with Gasteiger partial charge in [0.25, 0.3) is 0 Å². The smallest absolute Gasteiger partial charge is 0.157 e. The Morgan fingerprint density at radius 2 is 2.00 bits per heavy atom. The van der Waals surface area contributed by atoms with E-state index in [1.807, 2.05) is 6.07 Å². The third kappa shape index (κ3) is 7.74. The molecule has 120 valence electrons. The minimum absolute atomic E-state index is 0.109. The molecule has 1 fully saturated rings. The molecule has 1 aliphatic rings. The van der Waals surface area contributed by atoms with Gasteiger partial charge in [0.05, 0.1) is 11.1 Å². The maximum Gasteiger partial charge on any atom is 0.157 e. The summed E-state index contributed by atoms with van der Waals surface area (Å²) < 4.78 is 23.9. The molecular formula is C15H22ClFO4. The van der Waals surface area contributed by atoms with Crippen molar-refractivity contribution >= 4 is 11.6 Å². The van der Waals surface area contributed by atoms with Crippen LogP contribution in [0.5, 0.6) is 0 Å². The number of aliphatic hydroxyl groups is 2. The van der Waals surface area contributed by atoms with E-state index in [0.717, 1.165) is 18.4 Å². The van der Waals surface area contributed by atoms with Gasteiger partial charge in [-0.25, -0.2) is 4.39 Å². The summed E-state index contributed by atoms with van der Waals surface area (Å²) in [6.07, 6.45) is 2.56. The second kappa shape index (κ2) is 8.06. The van der Waals surface area contributed by atoms with Crippen LogP contribution in [0.25, 0.3) is 0 Å². The van der Waals surface area contributed by atoms with E-state index >= 15 is 0 Å². The van der Waals surface area contributed by atoms with Gasteiger partial charge >= 0.3 is 0 Å². The van der Waals surface area contributed by atoms with Crippen LogP contribution < -0.4 is 0 Å². The topological polar surface area (TPSA) is 58.9 Å². The van der Waals surface area contributed by atoms with Crippen molar-refractivity contribution in [2.75, 3.05) is 7.11 Å². The molecule has 0 spiro atoms. The van der Waals surface area contributed by atoms with E-state index in [4.69, 9.17) is 31.3 Å². The van der Waals surface area contributed by atoms with Gasteiger partial charge in [0, 0.05) is 13.5 Å². The summed E-state index contributed by atoms with van der Waals surface area (Å²) in [5, 5.41) is 16.3. The van der Waals surface area contributed by atoms with Crippen molar-refractivity contribution < 1.29 is 24.1 Å². The van der Waals surface area contributed by atoms with Gasteiger partial charge < -0.3 is 19.7 Å².